The molecule has 0 atom stereocenters. The molecule has 0 unspecified atom stereocenters. The summed E-state index contributed by atoms with van der Waals surface area (Å²) in [5.74, 6) is 0.0372. The summed E-state index contributed by atoms with van der Waals surface area (Å²) in [5, 5.41) is 0. The first-order chi connectivity index (χ1) is 11.8. The largest absolute Gasteiger partial charge is 0.496 e. The van der Waals surface area contributed by atoms with E-state index in [4.69, 9.17) is 9.47 Å². The fourth-order valence-corrected chi connectivity index (χ4v) is 3.16. The molecule has 0 amide bonds. The average molecular weight is 363 g/mol. The molecule has 7 heteroatoms. The topological polar surface area (TPSA) is 72.9 Å². The van der Waals surface area contributed by atoms with Crippen molar-refractivity contribution in [2.45, 2.75) is 18.4 Å². The van der Waals surface area contributed by atoms with Gasteiger partial charge in [0.05, 0.1) is 17.6 Å². The summed E-state index contributed by atoms with van der Waals surface area (Å²) in [4.78, 5) is 12.5. The average Bonchev–Trinajstić information content (AvgIpc) is 2.59. The number of carbonyl (C=O) groups excluding carboxylic acids is 1. The van der Waals surface area contributed by atoms with Crippen LogP contribution in [-0.2, 0) is 21.4 Å². The Morgan fingerprint density at radius 3 is 2.44 bits per heavy atom. The highest BCUT2D eigenvalue weighted by Crippen LogP contribution is 2.21. The molecule has 2 rings (SSSR count). The van der Waals surface area contributed by atoms with Gasteiger partial charge in [0.25, 0.3) is 0 Å². The lowest BCUT2D eigenvalue weighted by molar-refractivity contribution is 0.0469. The van der Waals surface area contributed by atoms with E-state index in [1.54, 1.807) is 32.2 Å². The molecular weight excluding hydrogens is 342 g/mol. The molecule has 0 spiro atoms. The maximum Gasteiger partial charge on any atom is 0.338 e. The van der Waals surface area contributed by atoms with Crippen molar-refractivity contribution >= 4 is 16.0 Å². The Kier molecular flexibility index (Phi) is 5.81. The lowest BCUT2D eigenvalue weighted by Crippen LogP contribution is -2.22. The summed E-state index contributed by atoms with van der Waals surface area (Å²) in [6, 6.07) is 11.6. The number of sulfonamides is 1. The first-order valence-corrected chi connectivity index (χ1v) is 9.03. The number of nitrogens with zero attached hydrogens (tertiary/aromatic N) is 1. The van der Waals surface area contributed by atoms with Crippen LogP contribution in [0.4, 0.5) is 0 Å². The highest BCUT2D eigenvalue weighted by Gasteiger charge is 2.21. The number of para-hydroxylation sites is 1. The van der Waals surface area contributed by atoms with Gasteiger partial charge < -0.3 is 9.47 Å². The molecule has 6 nitrogen and oxygen atoms in total. The zero-order valence-electron chi connectivity index (χ0n) is 14.6. The van der Waals surface area contributed by atoms with E-state index in [9.17, 15) is 13.2 Å². The molecule has 0 bridgehead atoms. The maximum absolute atomic E-state index is 12.4. The van der Waals surface area contributed by atoms with Crippen molar-refractivity contribution in [3.8, 4) is 5.75 Å². The lowest BCUT2D eigenvalue weighted by Gasteiger charge is -2.14. The second-order valence-electron chi connectivity index (χ2n) is 5.65. The van der Waals surface area contributed by atoms with Gasteiger partial charge in [-0.25, -0.2) is 17.5 Å². The van der Waals surface area contributed by atoms with Gasteiger partial charge in [0, 0.05) is 19.7 Å². The summed E-state index contributed by atoms with van der Waals surface area (Å²) in [6.07, 6.45) is 0. The van der Waals surface area contributed by atoms with E-state index in [0.717, 1.165) is 9.87 Å². The summed E-state index contributed by atoms with van der Waals surface area (Å²) in [6.45, 7) is 1.76. The molecule has 2 aromatic rings. The third-order valence-corrected chi connectivity index (χ3v) is 5.57. The molecule has 0 aliphatic heterocycles. The first-order valence-electron chi connectivity index (χ1n) is 7.59. The zero-order chi connectivity index (χ0) is 18.6. The number of aryl methyl sites for hydroxylation is 1. The lowest BCUT2D eigenvalue weighted by atomic mass is 10.1. The number of methoxy groups -OCH3 is 1. The van der Waals surface area contributed by atoms with E-state index < -0.39 is 16.0 Å². The molecular formula is C18H21NO5S. The van der Waals surface area contributed by atoms with Gasteiger partial charge in [-0.1, -0.05) is 24.3 Å². The minimum absolute atomic E-state index is 0.0347. The Bertz CT molecular complexity index is 875. The Morgan fingerprint density at radius 2 is 1.80 bits per heavy atom. The SMILES string of the molecule is COc1ccccc1COC(=O)c1cc(S(=O)(=O)N(C)C)ccc1C. The van der Waals surface area contributed by atoms with Crippen LogP contribution in [0, 0.1) is 6.92 Å². The number of hydrogen-bond acceptors (Lipinski definition) is 5. The predicted molar refractivity (Wildman–Crippen MR) is 94.2 cm³/mol. The minimum Gasteiger partial charge on any atom is -0.496 e. The third kappa shape index (κ3) is 4.18. The highest BCUT2D eigenvalue weighted by molar-refractivity contribution is 7.89. The monoisotopic (exact) mass is 363 g/mol. The molecule has 0 fully saturated rings. The molecule has 134 valence electrons. The van der Waals surface area contributed by atoms with Crippen LogP contribution < -0.4 is 4.74 Å². The Labute approximate surface area is 148 Å². The van der Waals surface area contributed by atoms with Gasteiger partial charge in [-0.15, -0.1) is 0 Å². The minimum atomic E-state index is -3.62. The van der Waals surface area contributed by atoms with Gasteiger partial charge in [0.15, 0.2) is 0 Å². The van der Waals surface area contributed by atoms with Crippen LogP contribution in [0.15, 0.2) is 47.4 Å². The van der Waals surface area contributed by atoms with Crippen LogP contribution in [0.5, 0.6) is 5.75 Å². The van der Waals surface area contributed by atoms with E-state index in [1.165, 1.54) is 26.2 Å². The molecule has 0 N–H and O–H groups in total. The number of rotatable bonds is 6. The van der Waals surface area contributed by atoms with E-state index >= 15 is 0 Å². The molecule has 2 aromatic carbocycles. The van der Waals surface area contributed by atoms with Gasteiger partial charge in [0.1, 0.15) is 12.4 Å². The van der Waals surface area contributed by atoms with Crippen LogP contribution in [0.3, 0.4) is 0 Å². The summed E-state index contributed by atoms with van der Waals surface area (Å²) < 4.78 is 36.1. The van der Waals surface area contributed by atoms with Gasteiger partial charge >= 0.3 is 5.97 Å². The van der Waals surface area contributed by atoms with Crippen molar-refractivity contribution in [2.75, 3.05) is 21.2 Å². The summed E-state index contributed by atoms with van der Waals surface area (Å²) in [7, 11) is 0.799. The molecule has 0 saturated heterocycles. The van der Waals surface area contributed by atoms with Crippen molar-refractivity contribution in [1.82, 2.24) is 4.31 Å². The molecule has 0 aromatic heterocycles. The van der Waals surface area contributed by atoms with Crippen molar-refractivity contribution in [3.63, 3.8) is 0 Å². The quantitative estimate of drug-likeness (QED) is 0.738. The Morgan fingerprint density at radius 1 is 1.12 bits per heavy atom. The van der Waals surface area contributed by atoms with Crippen LogP contribution in [0.2, 0.25) is 0 Å². The molecule has 0 aliphatic carbocycles. The second-order valence-corrected chi connectivity index (χ2v) is 7.80. The predicted octanol–water partition coefficient (Wildman–Crippen LogP) is 2.61. The number of esters is 1. The molecule has 0 aliphatic rings. The fourth-order valence-electron chi connectivity index (χ4n) is 2.24. The van der Waals surface area contributed by atoms with Crippen LogP contribution in [0.25, 0.3) is 0 Å². The molecule has 25 heavy (non-hydrogen) atoms. The second kappa shape index (κ2) is 7.67. The van der Waals surface area contributed by atoms with Crippen molar-refractivity contribution in [3.05, 3.63) is 59.2 Å². The van der Waals surface area contributed by atoms with Gasteiger partial charge in [-0.05, 0) is 30.7 Å². The van der Waals surface area contributed by atoms with Crippen LogP contribution >= 0.6 is 0 Å². The number of benzene rings is 2. The number of ether oxygens (including phenoxy) is 2. The molecule has 0 heterocycles. The maximum atomic E-state index is 12.4. The van der Waals surface area contributed by atoms with E-state index in [-0.39, 0.29) is 17.1 Å². The Balaban J connectivity index is 2.25. The fraction of sp³-hybridized carbons (Fsp3) is 0.278. The first kappa shape index (κ1) is 19.0. The summed E-state index contributed by atoms with van der Waals surface area (Å²) in [5.41, 5.74) is 1.59. The number of hydrogen-bond donors (Lipinski definition) is 0. The van der Waals surface area contributed by atoms with Crippen molar-refractivity contribution in [1.29, 1.82) is 0 Å². The van der Waals surface area contributed by atoms with E-state index in [2.05, 4.69) is 0 Å². The van der Waals surface area contributed by atoms with Gasteiger partial charge in [-0.2, -0.15) is 0 Å². The zero-order valence-corrected chi connectivity index (χ0v) is 15.5. The van der Waals surface area contributed by atoms with Gasteiger partial charge in [-0.3, -0.25) is 0 Å². The smallest absolute Gasteiger partial charge is 0.338 e. The normalized spacial score (nSPS) is 11.4. The van der Waals surface area contributed by atoms with E-state index in [0.29, 0.717) is 11.3 Å². The van der Waals surface area contributed by atoms with Crippen molar-refractivity contribution < 1.29 is 22.7 Å². The van der Waals surface area contributed by atoms with E-state index in [1.807, 2.05) is 12.1 Å². The molecule has 0 saturated carbocycles. The Hall–Kier alpha value is -2.38. The van der Waals surface area contributed by atoms with Crippen molar-refractivity contribution in [2.24, 2.45) is 0 Å². The third-order valence-electron chi connectivity index (χ3n) is 3.76. The molecule has 0 radical (unpaired) electrons. The standard InChI is InChI=1S/C18H21NO5S/c1-13-9-10-15(25(21,22)19(2)3)11-16(13)18(20)24-12-14-7-5-6-8-17(14)23-4/h5-11H,12H2,1-4H3. The van der Waals surface area contributed by atoms with Crippen LogP contribution in [0.1, 0.15) is 21.5 Å². The van der Waals surface area contributed by atoms with Crippen LogP contribution in [-0.4, -0.2) is 39.9 Å². The number of carbonyl (C=O) groups is 1. The summed E-state index contributed by atoms with van der Waals surface area (Å²) >= 11 is 0. The van der Waals surface area contributed by atoms with Gasteiger partial charge in [0.2, 0.25) is 10.0 Å². The highest BCUT2D eigenvalue weighted by atomic mass is 32.2.